The van der Waals surface area contributed by atoms with E-state index in [4.69, 9.17) is 0 Å². The number of aryl methyl sites for hydroxylation is 1. The number of sulfonamides is 1. The first-order valence-electron chi connectivity index (χ1n) is 10.2. The lowest BCUT2D eigenvalue weighted by Gasteiger charge is -2.28. The van der Waals surface area contributed by atoms with Gasteiger partial charge in [-0.3, -0.25) is 10.0 Å². The normalized spacial score (nSPS) is 14.8. The van der Waals surface area contributed by atoms with Gasteiger partial charge in [0.05, 0.1) is 17.9 Å². The van der Waals surface area contributed by atoms with E-state index in [0.717, 1.165) is 31.6 Å². The minimum Gasteiger partial charge on any atom is -0.344 e. The zero-order valence-electron chi connectivity index (χ0n) is 17.7. The van der Waals surface area contributed by atoms with Crippen LogP contribution in [0.5, 0.6) is 0 Å². The minimum atomic E-state index is -4.65. The Morgan fingerprint density at radius 1 is 1.03 bits per heavy atom. The van der Waals surface area contributed by atoms with Gasteiger partial charge in [-0.1, -0.05) is 30.3 Å². The summed E-state index contributed by atoms with van der Waals surface area (Å²) in [7, 11) is -4.18. The van der Waals surface area contributed by atoms with Crippen LogP contribution in [0.15, 0.2) is 59.6 Å². The lowest BCUT2D eigenvalue weighted by Crippen LogP contribution is -2.42. The number of nitrogens with one attached hydrogen (secondary N) is 2. The molecule has 7 nitrogen and oxygen atoms in total. The van der Waals surface area contributed by atoms with E-state index in [1.165, 1.54) is 12.1 Å². The van der Waals surface area contributed by atoms with E-state index in [9.17, 15) is 21.6 Å². The maximum Gasteiger partial charge on any atom is 0.418 e. The second kappa shape index (κ2) is 8.99. The van der Waals surface area contributed by atoms with Crippen LogP contribution in [-0.2, 0) is 16.2 Å². The van der Waals surface area contributed by atoms with E-state index in [1.54, 1.807) is 37.3 Å². The van der Waals surface area contributed by atoms with Gasteiger partial charge in [-0.05, 0) is 49.7 Å². The Bertz CT molecular complexity index is 1260. The van der Waals surface area contributed by atoms with Crippen LogP contribution in [-0.4, -0.2) is 38.1 Å². The van der Waals surface area contributed by atoms with Gasteiger partial charge in [0.15, 0.2) is 5.03 Å². The second-order valence-corrected chi connectivity index (χ2v) is 9.25. The minimum absolute atomic E-state index is 0.229. The van der Waals surface area contributed by atoms with Gasteiger partial charge in [0.1, 0.15) is 11.6 Å². The fraction of sp³-hybridized carbons (Fsp3) is 0.273. The van der Waals surface area contributed by atoms with Crippen LogP contribution in [0.25, 0.3) is 11.3 Å². The van der Waals surface area contributed by atoms with Crippen LogP contribution in [0, 0.1) is 6.92 Å². The molecule has 2 aromatic heterocycles. The summed E-state index contributed by atoms with van der Waals surface area (Å²) in [5, 5.41) is 2.95. The molecule has 2 N–H and O–H groups in total. The van der Waals surface area contributed by atoms with Crippen LogP contribution in [0.4, 0.5) is 24.8 Å². The summed E-state index contributed by atoms with van der Waals surface area (Å²) in [6, 6.07) is 12.9. The largest absolute Gasteiger partial charge is 0.418 e. The summed E-state index contributed by atoms with van der Waals surface area (Å²) in [6.07, 6.45) is -3.76. The molecule has 174 valence electrons. The van der Waals surface area contributed by atoms with Crippen molar-refractivity contribution in [3.05, 3.63) is 65.7 Å². The highest BCUT2D eigenvalue weighted by atomic mass is 32.2. The SMILES string of the molecule is Cc1ccccc1-c1nc(NS(=O)(=O)c2cccc(N3CCCNC3)n2)ccc1C(F)(F)F. The van der Waals surface area contributed by atoms with Gasteiger partial charge in [0.25, 0.3) is 10.0 Å². The van der Waals surface area contributed by atoms with Crippen molar-refractivity contribution in [2.45, 2.75) is 24.5 Å². The average molecular weight is 478 g/mol. The molecule has 1 saturated heterocycles. The number of hydrogen-bond acceptors (Lipinski definition) is 6. The quantitative estimate of drug-likeness (QED) is 0.577. The van der Waals surface area contributed by atoms with Crippen molar-refractivity contribution in [3.63, 3.8) is 0 Å². The Hall–Kier alpha value is -3.18. The molecule has 0 radical (unpaired) electrons. The van der Waals surface area contributed by atoms with Gasteiger partial charge in [-0.15, -0.1) is 0 Å². The highest BCUT2D eigenvalue weighted by molar-refractivity contribution is 7.92. The van der Waals surface area contributed by atoms with E-state index in [1.807, 2.05) is 4.90 Å². The van der Waals surface area contributed by atoms with Crippen molar-refractivity contribution in [1.29, 1.82) is 0 Å². The molecule has 0 saturated carbocycles. The number of hydrogen-bond donors (Lipinski definition) is 2. The van der Waals surface area contributed by atoms with Crippen LogP contribution in [0.1, 0.15) is 17.5 Å². The molecule has 0 atom stereocenters. The van der Waals surface area contributed by atoms with Gasteiger partial charge < -0.3 is 4.90 Å². The maximum absolute atomic E-state index is 13.6. The predicted octanol–water partition coefficient (Wildman–Crippen LogP) is 4.03. The lowest BCUT2D eigenvalue weighted by atomic mass is 10.0. The Morgan fingerprint density at radius 3 is 2.52 bits per heavy atom. The molecule has 0 spiro atoms. The topological polar surface area (TPSA) is 87.2 Å². The zero-order chi connectivity index (χ0) is 23.6. The van der Waals surface area contributed by atoms with Crippen LogP contribution >= 0.6 is 0 Å². The van der Waals surface area contributed by atoms with E-state index in [-0.39, 0.29) is 22.1 Å². The molecule has 11 heteroatoms. The number of nitrogens with zero attached hydrogens (tertiary/aromatic N) is 3. The van der Waals surface area contributed by atoms with Gasteiger partial charge in [-0.2, -0.15) is 21.6 Å². The second-order valence-electron chi connectivity index (χ2n) is 7.62. The molecule has 3 aromatic rings. The Labute approximate surface area is 189 Å². The number of alkyl halides is 3. The number of halogens is 3. The smallest absolute Gasteiger partial charge is 0.344 e. The molecular weight excluding hydrogens is 455 g/mol. The molecule has 0 amide bonds. The molecule has 0 aliphatic carbocycles. The van der Waals surface area contributed by atoms with Gasteiger partial charge in [0.2, 0.25) is 0 Å². The van der Waals surface area contributed by atoms with Gasteiger partial charge >= 0.3 is 6.18 Å². The summed E-state index contributed by atoms with van der Waals surface area (Å²) >= 11 is 0. The molecule has 0 unspecified atom stereocenters. The van der Waals surface area contributed by atoms with Crippen molar-refractivity contribution in [3.8, 4) is 11.3 Å². The van der Waals surface area contributed by atoms with Crippen molar-refractivity contribution < 1.29 is 21.6 Å². The number of pyridine rings is 2. The number of anilines is 2. The van der Waals surface area contributed by atoms with Crippen molar-refractivity contribution >= 4 is 21.7 Å². The van der Waals surface area contributed by atoms with Crippen molar-refractivity contribution in [1.82, 2.24) is 15.3 Å². The average Bonchev–Trinajstić information content (AvgIpc) is 2.79. The number of aromatic nitrogens is 2. The zero-order valence-corrected chi connectivity index (χ0v) is 18.5. The number of rotatable bonds is 5. The molecule has 1 fully saturated rings. The van der Waals surface area contributed by atoms with E-state index >= 15 is 0 Å². The van der Waals surface area contributed by atoms with Crippen LogP contribution in [0.2, 0.25) is 0 Å². The van der Waals surface area contributed by atoms with Crippen LogP contribution < -0.4 is 14.9 Å². The fourth-order valence-corrected chi connectivity index (χ4v) is 4.56. The molecular formula is C22H22F3N5O2S. The first-order chi connectivity index (χ1) is 15.6. The van der Waals surface area contributed by atoms with Gasteiger partial charge in [-0.25, -0.2) is 9.97 Å². The summed E-state index contributed by atoms with van der Waals surface area (Å²) in [6.45, 7) is 3.82. The summed E-state index contributed by atoms with van der Waals surface area (Å²) in [5.41, 5.74) is -0.442. The highest BCUT2D eigenvalue weighted by Gasteiger charge is 2.35. The lowest BCUT2D eigenvalue weighted by molar-refractivity contribution is -0.137. The molecule has 33 heavy (non-hydrogen) atoms. The van der Waals surface area contributed by atoms with E-state index < -0.39 is 21.8 Å². The third kappa shape index (κ3) is 5.09. The summed E-state index contributed by atoms with van der Waals surface area (Å²) in [4.78, 5) is 10.2. The summed E-state index contributed by atoms with van der Waals surface area (Å²) < 4.78 is 69.1. The van der Waals surface area contributed by atoms with Gasteiger partial charge in [0, 0.05) is 12.1 Å². The maximum atomic E-state index is 13.6. The Morgan fingerprint density at radius 2 is 1.82 bits per heavy atom. The third-order valence-electron chi connectivity index (χ3n) is 5.23. The Kier molecular flexibility index (Phi) is 6.26. The van der Waals surface area contributed by atoms with Crippen LogP contribution in [0.3, 0.4) is 0 Å². The number of benzene rings is 1. The van der Waals surface area contributed by atoms with Crippen molar-refractivity contribution in [2.75, 3.05) is 29.4 Å². The molecule has 0 bridgehead atoms. The highest BCUT2D eigenvalue weighted by Crippen LogP contribution is 2.38. The standard InChI is InChI=1S/C22H22F3N5O2S/c1-15-6-2-3-7-16(15)21-17(22(23,24)25)10-11-18(27-21)29-33(31,32)20-9-4-8-19(28-20)30-13-5-12-26-14-30/h2-4,6-11,26H,5,12-14H2,1H3,(H,27,29). The first-order valence-corrected chi connectivity index (χ1v) is 11.7. The van der Waals surface area contributed by atoms with E-state index in [2.05, 4.69) is 20.0 Å². The third-order valence-corrected chi connectivity index (χ3v) is 6.49. The molecule has 4 rings (SSSR count). The fourth-order valence-electron chi connectivity index (χ4n) is 3.59. The van der Waals surface area contributed by atoms with Crippen molar-refractivity contribution in [2.24, 2.45) is 0 Å². The monoisotopic (exact) mass is 477 g/mol. The molecule has 1 aliphatic rings. The molecule has 1 aromatic carbocycles. The predicted molar refractivity (Wildman–Crippen MR) is 119 cm³/mol. The van der Waals surface area contributed by atoms with E-state index in [0.29, 0.717) is 18.1 Å². The first kappa shape index (κ1) is 23.0. The summed E-state index contributed by atoms with van der Waals surface area (Å²) in [5.74, 6) is 0.263. The Balaban J connectivity index is 1.69. The molecule has 1 aliphatic heterocycles. The molecule has 3 heterocycles.